The molecular formula is C25H23N5O7S2. The molecule has 0 aromatic heterocycles. The molecule has 5 N–H and O–H groups in total. The Morgan fingerprint density at radius 3 is 1.95 bits per heavy atom. The predicted molar refractivity (Wildman–Crippen MR) is 145 cm³/mol. The topological polar surface area (TPSA) is 204 Å². The maximum Gasteiger partial charge on any atom is 0.296 e. The molecule has 0 aliphatic rings. The van der Waals surface area contributed by atoms with E-state index in [1.54, 1.807) is 19.1 Å². The van der Waals surface area contributed by atoms with Gasteiger partial charge in [0.05, 0.1) is 27.3 Å². The maximum atomic E-state index is 12.2. The van der Waals surface area contributed by atoms with Gasteiger partial charge in [-0.3, -0.25) is 9.11 Å². The van der Waals surface area contributed by atoms with Gasteiger partial charge < -0.3 is 10.8 Å². The number of phenolic OH excluding ortho intramolecular Hbond substituents is 1. The van der Waals surface area contributed by atoms with Gasteiger partial charge in [-0.2, -0.15) is 27.1 Å². The van der Waals surface area contributed by atoms with Crippen LogP contribution in [-0.2, 0) is 20.2 Å². The molecule has 0 radical (unpaired) electrons. The fraction of sp³-hybridized carbons (Fsp3) is 0.120. The highest BCUT2D eigenvalue weighted by molar-refractivity contribution is 7.86. The monoisotopic (exact) mass is 569 g/mol. The molecule has 0 aliphatic carbocycles. The Balaban J connectivity index is 1.89. The molecule has 4 rings (SSSR count). The molecule has 0 spiro atoms. The van der Waals surface area contributed by atoms with Gasteiger partial charge in [-0.25, -0.2) is 0 Å². The molecule has 39 heavy (non-hydrogen) atoms. The van der Waals surface area contributed by atoms with Crippen molar-refractivity contribution in [3.8, 4) is 5.75 Å². The van der Waals surface area contributed by atoms with E-state index in [0.29, 0.717) is 11.3 Å². The fourth-order valence-corrected chi connectivity index (χ4v) is 5.06. The van der Waals surface area contributed by atoms with Gasteiger partial charge in [0.1, 0.15) is 16.3 Å². The highest BCUT2D eigenvalue weighted by Crippen LogP contribution is 2.47. The summed E-state index contributed by atoms with van der Waals surface area (Å²) in [7, 11) is -9.34. The van der Waals surface area contributed by atoms with Crippen LogP contribution in [0.3, 0.4) is 0 Å². The van der Waals surface area contributed by atoms with Gasteiger partial charge in [0, 0.05) is 0 Å². The van der Waals surface area contributed by atoms with E-state index < -0.39 is 36.6 Å². The van der Waals surface area contributed by atoms with Gasteiger partial charge in [-0.05, 0) is 79.7 Å². The summed E-state index contributed by atoms with van der Waals surface area (Å²) in [6.07, 6.45) is 0. The summed E-state index contributed by atoms with van der Waals surface area (Å²) in [5.41, 5.74) is 8.49. The summed E-state index contributed by atoms with van der Waals surface area (Å²) >= 11 is 0. The fourth-order valence-electron chi connectivity index (χ4n) is 3.83. The Kier molecular flexibility index (Phi) is 7.23. The van der Waals surface area contributed by atoms with Crippen LogP contribution in [0, 0.1) is 20.8 Å². The van der Waals surface area contributed by atoms with Crippen LogP contribution in [0.5, 0.6) is 5.75 Å². The second kappa shape index (κ2) is 10.1. The van der Waals surface area contributed by atoms with E-state index in [1.165, 1.54) is 19.1 Å². The summed E-state index contributed by atoms with van der Waals surface area (Å²) in [4.78, 5) is -1.10. The minimum absolute atomic E-state index is 0.00890. The van der Waals surface area contributed by atoms with Crippen LogP contribution in [0.2, 0.25) is 0 Å². The number of azo groups is 2. The van der Waals surface area contributed by atoms with Crippen molar-refractivity contribution in [3.63, 3.8) is 0 Å². The average molecular weight is 570 g/mol. The third-order valence-electron chi connectivity index (χ3n) is 5.84. The van der Waals surface area contributed by atoms with Crippen molar-refractivity contribution in [2.24, 2.45) is 20.5 Å². The molecule has 4 aromatic rings. The minimum Gasteiger partial charge on any atom is -0.505 e. The van der Waals surface area contributed by atoms with Crippen molar-refractivity contribution in [1.82, 2.24) is 0 Å². The Labute approximate surface area is 224 Å². The summed E-state index contributed by atoms with van der Waals surface area (Å²) in [6.45, 7) is 5.09. The number of benzene rings is 4. The largest absolute Gasteiger partial charge is 0.505 e. The quantitative estimate of drug-likeness (QED) is 0.116. The van der Waals surface area contributed by atoms with Gasteiger partial charge >= 0.3 is 0 Å². The third kappa shape index (κ3) is 5.78. The molecule has 0 bridgehead atoms. The SMILES string of the molecule is Cc1ccc(N=Nc2c(C)cc3cc(S(=O)(=O)O)c(N=Nc4ccc(S(=O)(=O)O)cc4C)c(O)c3c2N)cc1. The molecule has 12 nitrogen and oxygen atoms in total. The van der Waals surface area contributed by atoms with Gasteiger partial charge in [0.2, 0.25) is 0 Å². The molecule has 0 unspecified atom stereocenters. The Morgan fingerprint density at radius 2 is 1.36 bits per heavy atom. The maximum absolute atomic E-state index is 12.2. The molecule has 0 aliphatic heterocycles. The van der Waals surface area contributed by atoms with Crippen LogP contribution < -0.4 is 5.73 Å². The summed E-state index contributed by atoms with van der Waals surface area (Å²) < 4.78 is 66.2. The number of aryl methyl sites for hydroxylation is 3. The number of aromatic hydroxyl groups is 1. The van der Waals surface area contributed by atoms with E-state index in [1.807, 2.05) is 19.1 Å². The highest BCUT2D eigenvalue weighted by atomic mass is 32.2. The number of phenols is 1. The number of nitrogen functional groups attached to an aromatic ring is 1. The van der Waals surface area contributed by atoms with Crippen LogP contribution >= 0.6 is 0 Å². The number of nitrogens with two attached hydrogens (primary N) is 1. The third-order valence-corrected chi connectivity index (χ3v) is 7.56. The molecule has 0 saturated heterocycles. The van der Waals surface area contributed by atoms with Crippen molar-refractivity contribution < 1.29 is 31.0 Å². The van der Waals surface area contributed by atoms with Gasteiger partial charge in [0.15, 0.2) is 5.75 Å². The van der Waals surface area contributed by atoms with Gasteiger partial charge in [-0.15, -0.1) is 10.2 Å². The molecule has 0 atom stereocenters. The molecule has 0 heterocycles. The van der Waals surface area contributed by atoms with Gasteiger partial charge in [0.25, 0.3) is 20.2 Å². The smallest absolute Gasteiger partial charge is 0.296 e. The zero-order chi connectivity index (χ0) is 28.7. The van der Waals surface area contributed by atoms with Crippen molar-refractivity contribution in [1.29, 1.82) is 0 Å². The number of fused-ring (bicyclic) bond motifs is 1. The average Bonchev–Trinajstić information content (AvgIpc) is 2.83. The molecular weight excluding hydrogens is 546 g/mol. The molecule has 202 valence electrons. The highest BCUT2D eigenvalue weighted by Gasteiger charge is 2.25. The van der Waals surface area contributed by atoms with E-state index in [0.717, 1.165) is 23.8 Å². The number of hydrogen-bond acceptors (Lipinski definition) is 10. The minimum atomic E-state index is -4.88. The van der Waals surface area contributed by atoms with Crippen molar-refractivity contribution >= 4 is 59.4 Å². The normalized spacial score (nSPS) is 12.6. The van der Waals surface area contributed by atoms with Crippen molar-refractivity contribution in [2.45, 2.75) is 30.6 Å². The first kappa shape index (κ1) is 27.8. The lowest BCUT2D eigenvalue weighted by atomic mass is 10.0. The van der Waals surface area contributed by atoms with E-state index in [-0.39, 0.29) is 38.3 Å². The van der Waals surface area contributed by atoms with E-state index in [9.17, 15) is 31.0 Å². The summed E-state index contributed by atoms with van der Waals surface area (Å²) in [6, 6.07) is 13.3. The Morgan fingerprint density at radius 1 is 0.718 bits per heavy atom. The summed E-state index contributed by atoms with van der Waals surface area (Å²) in [5.74, 6) is -0.680. The molecule has 0 amide bonds. The zero-order valence-electron chi connectivity index (χ0n) is 20.9. The lowest BCUT2D eigenvalue weighted by Crippen LogP contribution is -2.00. The Bertz CT molecular complexity index is 1900. The van der Waals surface area contributed by atoms with E-state index in [2.05, 4.69) is 20.5 Å². The summed E-state index contributed by atoms with van der Waals surface area (Å²) in [5, 5.41) is 27.5. The van der Waals surface area contributed by atoms with Crippen LogP contribution in [0.4, 0.5) is 28.4 Å². The van der Waals surface area contributed by atoms with Gasteiger partial charge in [-0.1, -0.05) is 17.7 Å². The second-order valence-electron chi connectivity index (χ2n) is 8.76. The molecule has 4 aromatic carbocycles. The number of hydrogen-bond donors (Lipinski definition) is 4. The first-order valence-electron chi connectivity index (χ1n) is 11.2. The van der Waals surface area contributed by atoms with Crippen LogP contribution in [0.1, 0.15) is 16.7 Å². The Hall–Kier alpha value is -4.24. The standard InChI is InChI=1S/C25H23N5O7S2/c1-13-4-6-17(7-5-13)27-29-23-15(3)10-16-12-20(39(35,36)37)24(25(31)21(16)22(23)26)30-28-19-9-8-18(11-14(19)2)38(32,33)34/h4-12,31H,26H2,1-3H3,(H,32,33,34)(H,35,36,37). The van der Waals surface area contributed by atoms with Crippen molar-refractivity contribution in [2.75, 3.05) is 5.73 Å². The second-order valence-corrected chi connectivity index (χ2v) is 11.6. The number of nitrogens with zero attached hydrogens (tertiary/aromatic N) is 4. The molecule has 14 heteroatoms. The van der Waals surface area contributed by atoms with Crippen LogP contribution in [0.15, 0.2) is 84.8 Å². The predicted octanol–water partition coefficient (Wildman–Crippen LogP) is 6.38. The van der Waals surface area contributed by atoms with Crippen LogP contribution in [-0.4, -0.2) is 31.0 Å². The lowest BCUT2D eigenvalue weighted by molar-refractivity contribution is 0.472. The first-order valence-corrected chi connectivity index (χ1v) is 14.1. The lowest BCUT2D eigenvalue weighted by Gasteiger charge is -2.13. The van der Waals surface area contributed by atoms with E-state index in [4.69, 9.17) is 5.73 Å². The first-order chi connectivity index (χ1) is 18.2. The zero-order valence-corrected chi connectivity index (χ0v) is 22.5. The van der Waals surface area contributed by atoms with E-state index >= 15 is 0 Å². The number of rotatable bonds is 6. The number of anilines is 1. The molecule has 0 saturated carbocycles. The van der Waals surface area contributed by atoms with Crippen LogP contribution in [0.25, 0.3) is 10.8 Å². The van der Waals surface area contributed by atoms with Crippen molar-refractivity contribution in [3.05, 3.63) is 71.3 Å². The molecule has 0 fully saturated rings.